The van der Waals surface area contributed by atoms with Crippen molar-refractivity contribution in [1.82, 2.24) is 34.9 Å². The minimum Gasteiger partial charge on any atom is -0.342 e. The van der Waals surface area contributed by atoms with Gasteiger partial charge in [-0.15, -0.1) is 0 Å². The number of hydrogen-bond donors (Lipinski definition) is 2. The molecule has 1 aliphatic rings. The second kappa shape index (κ2) is 8.23. The Bertz CT molecular complexity index is 1010. The van der Waals surface area contributed by atoms with Crippen molar-refractivity contribution < 1.29 is 4.79 Å². The summed E-state index contributed by atoms with van der Waals surface area (Å²) in [4.78, 5) is 27.1. The second-order valence-corrected chi connectivity index (χ2v) is 7.89. The highest BCUT2D eigenvalue weighted by molar-refractivity contribution is 5.78. The van der Waals surface area contributed by atoms with Crippen molar-refractivity contribution in [3.63, 3.8) is 0 Å². The highest BCUT2D eigenvalue weighted by Gasteiger charge is 2.26. The quantitative estimate of drug-likeness (QED) is 0.650. The third kappa shape index (κ3) is 4.26. The maximum atomic E-state index is 12.6. The van der Waals surface area contributed by atoms with Gasteiger partial charge in [-0.1, -0.05) is 12.1 Å². The number of urea groups is 1. The summed E-state index contributed by atoms with van der Waals surface area (Å²) < 4.78 is 1.89. The molecular formula is C21H29N7O. The highest BCUT2D eigenvalue weighted by atomic mass is 16.2. The topological polar surface area (TPSA) is 91.7 Å². The molecule has 0 unspecified atom stereocenters. The van der Waals surface area contributed by atoms with Gasteiger partial charge in [0.1, 0.15) is 17.5 Å². The third-order valence-corrected chi connectivity index (χ3v) is 5.61. The van der Waals surface area contributed by atoms with Crippen LogP contribution in [0.5, 0.6) is 0 Å². The Balaban J connectivity index is 1.31. The highest BCUT2D eigenvalue weighted by Crippen LogP contribution is 2.27. The number of aromatic nitrogens is 5. The fourth-order valence-electron chi connectivity index (χ4n) is 4.08. The molecule has 2 amide bonds. The summed E-state index contributed by atoms with van der Waals surface area (Å²) >= 11 is 0. The van der Waals surface area contributed by atoms with Gasteiger partial charge in [0.05, 0.1) is 11.0 Å². The van der Waals surface area contributed by atoms with Gasteiger partial charge in [0.25, 0.3) is 0 Å². The number of amides is 2. The van der Waals surface area contributed by atoms with Crippen molar-refractivity contribution in [3.05, 3.63) is 41.2 Å². The van der Waals surface area contributed by atoms with E-state index in [-0.39, 0.29) is 11.9 Å². The number of piperidine rings is 1. The number of benzene rings is 1. The molecule has 4 rings (SSSR count). The maximum Gasteiger partial charge on any atom is 0.317 e. The van der Waals surface area contributed by atoms with Crippen LogP contribution in [0, 0.1) is 20.8 Å². The zero-order valence-corrected chi connectivity index (χ0v) is 17.4. The summed E-state index contributed by atoms with van der Waals surface area (Å²) in [6.07, 6.45) is 2.87. The molecule has 154 valence electrons. The van der Waals surface area contributed by atoms with Gasteiger partial charge in [0.2, 0.25) is 0 Å². The first-order chi connectivity index (χ1) is 14.0. The van der Waals surface area contributed by atoms with Crippen LogP contribution in [0.1, 0.15) is 48.2 Å². The Morgan fingerprint density at radius 1 is 1.28 bits per heavy atom. The van der Waals surface area contributed by atoms with Crippen molar-refractivity contribution in [2.45, 2.75) is 52.5 Å². The lowest BCUT2D eigenvalue weighted by Gasteiger charge is -2.31. The van der Waals surface area contributed by atoms with E-state index in [1.165, 1.54) is 5.56 Å². The smallest absolute Gasteiger partial charge is 0.317 e. The first-order valence-corrected chi connectivity index (χ1v) is 10.4. The van der Waals surface area contributed by atoms with Gasteiger partial charge in [-0.3, -0.25) is 4.68 Å². The summed E-state index contributed by atoms with van der Waals surface area (Å²) in [5.41, 5.74) is 3.27. The van der Waals surface area contributed by atoms with Gasteiger partial charge in [-0.2, -0.15) is 5.10 Å². The van der Waals surface area contributed by atoms with E-state index in [9.17, 15) is 4.79 Å². The normalized spacial score (nSPS) is 17.1. The fourth-order valence-corrected chi connectivity index (χ4v) is 4.08. The number of likely N-dealkylation sites (tertiary alicyclic amines) is 1. The van der Waals surface area contributed by atoms with E-state index in [4.69, 9.17) is 4.98 Å². The number of carbonyl (C=O) groups excluding carboxylic acids is 1. The minimum absolute atomic E-state index is 0.00786. The molecule has 2 aromatic heterocycles. The Morgan fingerprint density at radius 3 is 2.90 bits per heavy atom. The summed E-state index contributed by atoms with van der Waals surface area (Å²) in [5.74, 6) is 2.94. The van der Waals surface area contributed by atoms with Crippen LogP contribution >= 0.6 is 0 Å². The van der Waals surface area contributed by atoms with Gasteiger partial charge >= 0.3 is 6.03 Å². The molecule has 0 saturated carbocycles. The van der Waals surface area contributed by atoms with Crippen LogP contribution in [-0.2, 0) is 6.54 Å². The predicted molar refractivity (Wildman–Crippen MR) is 112 cm³/mol. The van der Waals surface area contributed by atoms with Crippen molar-refractivity contribution in [2.24, 2.45) is 0 Å². The van der Waals surface area contributed by atoms with Gasteiger partial charge in [-0.25, -0.2) is 14.8 Å². The Labute approximate surface area is 170 Å². The van der Waals surface area contributed by atoms with E-state index >= 15 is 0 Å². The number of rotatable bonds is 5. The van der Waals surface area contributed by atoms with Gasteiger partial charge in [-0.05, 0) is 51.7 Å². The molecule has 1 aromatic carbocycles. The average molecular weight is 396 g/mol. The lowest BCUT2D eigenvalue weighted by molar-refractivity contribution is 0.178. The number of aryl methyl sites for hydroxylation is 4. The summed E-state index contributed by atoms with van der Waals surface area (Å²) in [6, 6.07) is 6.19. The standard InChI is InChI=1S/C21H29N7O/c1-14-7-4-9-18-19(14)25-20(24-18)17-8-5-11-27(13-17)21(29)22-10-6-12-28-16(3)23-15(2)26-28/h4,7,9,17H,5-6,8,10-13H2,1-3H3,(H,22,29)(H,24,25)/t17-/m0/s1. The molecule has 2 N–H and O–H groups in total. The van der Waals surface area contributed by atoms with Gasteiger partial charge < -0.3 is 15.2 Å². The molecule has 1 atom stereocenters. The lowest BCUT2D eigenvalue weighted by Crippen LogP contribution is -2.45. The van der Waals surface area contributed by atoms with Crippen molar-refractivity contribution in [3.8, 4) is 0 Å². The van der Waals surface area contributed by atoms with Crippen LogP contribution in [0.2, 0.25) is 0 Å². The number of carbonyl (C=O) groups is 1. The van der Waals surface area contributed by atoms with Crippen molar-refractivity contribution in [1.29, 1.82) is 0 Å². The third-order valence-electron chi connectivity index (χ3n) is 5.61. The maximum absolute atomic E-state index is 12.6. The predicted octanol–water partition coefficient (Wildman–Crippen LogP) is 3.06. The number of hydrogen-bond acceptors (Lipinski definition) is 4. The monoisotopic (exact) mass is 395 g/mol. The van der Waals surface area contributed by atoms with Crippen LogP contribution in [0.15, 0.2) is 18.2 Å². The van der Waals surface area contributed by atoms with Crippen LogP contribution in [-0.4, -0.2) is 55.3 Å². The number of H-pyrrole nitrogens is 1. The molecule has 29 heavy (non-hydrogen) atoms. The minimum atomic E-state index is 0.00786. The summed E-state index contributed by atoms with van der Waals surface area (Å²) in [5, 5.41) is 7.41. The molecule has 3 heterocycles. The zero-order chi connectivity index (χ0) is 20.4. The first kappa shape index (κ1) is 19.4. The van der Waals surface area contributed by atoms with E-state index in [1.54, 1.807) is 0 Å². The molecule has 0 aliphatic carbocycles. The molecule has 0 radical (unpaired) electrons. The number of fused-ring (bicyclic) bond motifs is 1. The molecule has 1 saturated heterocycles. The Morgan fingerprint density at radius 2 is 2.14 bits per heavy atom. The molecule has 0 bridgehead atoms. The summed E-state index contributed by atoms with van der Waals surface area (Å²) in [6.45, 7) is 8.80. The van der Waals surface area contributed by atoms with Crippen molar-refractivity contribution in [2.75, 3.05) is 19.6 Å². The Kier molecular flexibility index (Phi) is 5.51. The van der Waals surface area contributed by atoms with Crippen LogP contribution in [0.25, 0.3) is 11.0 Å². The van der Waals surface area contributed by atoms with Gasteiger partial charge in [0, 0.05) is 32.1 Å². The van der Waals surface area contributed by atoms with E-state index in [0.29, 0.717) is 13.1 Å². The van der Waals surface area contributed by atoms with Crippen molar-refractivity contribution >= 4 is 17.1 Å². The molecule has 1 fully saturated rings. The van der Waals surface area contributed by atoms with Crippen LogP contribution < -0.4 is 5.32 Å². The SMILES string of the molecule is Cc1nc(C)n(CCCNC(=O)N2CCC[C@H](c3nc4c(C)cccc4[nH]3)C2)n1. The van der Waals surface area contributed by atoms with E-state index in [0.717, 1.165) is 60.9 Å². The second-order valence-electron chi connectivity index (χ2n) is 7.89. The molecule has 8 heteroatoms. The van der Waals surface area contributed by atoms with Crippen LogP contribution in [0.3, 0.4) is 0 Å². The van der Waals surface area contributed by atoms with E-state index in [1.807, 2.05) is 29.5 Å². The van der Waals surface area contributed by atoms with Gasteiger partial charge in [0.15, 0.2) is 0 Å². The molecule has 3 aromatic rings. The number of para-hydroxylation sites is 1. The lowest BCUT2D eigenvalue weighted by atomic mass is 9.97. The first-order valence-electron chi connectivity index (χ1n) is 10.4. The Hall–Kier alpha value is -2.90. The number of aromatic amines is 1. The zero-order valence-electron chi connectivity index (χ0n) is 17.4. The molecule has 0 spiro atoms. The van der Waals surface area contributed by atoms with E-state index < -0.39 is 0 Å². The number of imidazole rings is 1. The fraction of sp³-hybridized carbons (Fsp3) is 0.524. The average Bonchev–Trinajstić information content (AvgIpc) is 3.29. The number of nitrogens with zero attached hydrogens (tertiary/aromatic N) is 5. The van der Waals surface area contributed by atoms with E-state index in [2.05, 4.69) is 39.4 Å². The van der Waals surface area contributed by atoms with Crippen LogP contribution in [0.4, 0.5) is 4.79 Å². The largest absolute Gasteiger partial charge is 0.342 e. The molecule has 1 aliphatic heterocycles. The summed E-state index contributed by atoms with van der Waals surface area (Å²) in [7, 11) is 0. The molecular weight excluding hydrogens is 366 g/mol. The number of nitrogens with one attached hydrogen (secondary N) is 2. The molecule has 8 nitrogen and oxygen atoms in total.